The van der Waals surface area contributed by atoms with Crippen LogP contribution in [0.3, 0.4) is 0 Å². The van der Waals surface area contributed by atoms with Crippen LogP contribution in [0.25, 0.3) is 0 Å². The lowest BCUT2D eigenvalue weighted by Crippen LogP contribution is -2.32. The van der Waals surface area contributed by atoms with Crippen molar-refractivity contribution in [3.05, 3.63) is 30.0 Å². The van der Waals surface area contributed by atoms with Crippen LogP contribution >= 0.6 is 0 Å². The molecular formula is C15H21N5O. The van der Waals surface area contributed by atoms with Gasteiger partial charge in [0.25, 0.3) is 0 Å². The topological polar surface area (TPSA) is 56.1 Å². The number of methoxy groups -OCH3 is 1. The van der Waals surface area contributed by atoms with Crippen LogP contribution in [0.15, 0.2) is 18.5 Å². The van der Waals surface area contributed by atoms with Crippen LogP contribution in [0, 0.1) is 12.8 Å². The number of rotatable bonds is 4. The molecule has 6 nitrogen and oxygen atoms in total. The highest BCUT2D eigenvalue weighted by atomic mass is 16.5. The molecule has 0 bridgehead atoms. The second kappa shape index (κ2) is 5.71. The molecule has 0 saturated carbocycles. The van der Waals surface area contributed by atoms with E-state index in [9.17, 15) is 0 Å². The summed E-state index contributed by atoms with van der Waals surface area (Å²) in [6.45, 7) is 4.00. The normalized spacial score (nSPS) is 17.4. The van der Waals surface area contributed by atoms with Gasteiger partial charge >= 0.3 is 0 Å². The first-order valence-electron chi connectivity index (χ1n) is 7.26. The monoisotopic (exact) mass is 287 g/mol. The van der Waals surface area contributed by atoms with Crippen molar-refractivity contribution in [3.63, 3.8) is 0 Å². The van der Waals surface area contributed by atoms with E-state index in [0.717, 1.165) is 31.6 Å². The number of imidazole rings is 1. The first kappa shape index (κ1) is 13.9. The fourth-order valence-corrected chi connectivity index (χ4v) is 2.90. The predicted octanol–water partition coefficient (Wildman–Crippen LogP) is 1.69. The zero-order chi connectivity index (χ0) is 14.8. The molecule has 1 aliphatic heterocycles. The molecule has 0 spiro atoms. The Hall–Kier alpha value is -2.11. The van der Waals surface area contributed by atoms with Crippen LogP contribution in [0.5, 0.6) is 5.88 Å². The highest BCUT2D eigenvalue weighted by Crippen LogP contribution is 2.22. The Kier molecular flexibility index (Phi) is 3.77. The van der Waals surface area contributed by atoms with Gasteiger partial charge in [0.15, 0.2) is 0 Å². The van der Waals surface area contributed by atoms with Gasteiger partial charge in [-0.2, -0.15) is 4.98 Å². The smallest absolute Gasteiger partial charge is 0.228 e. The third kappa shape index (κ3) is 2.99. The number of anilines is 1. The zero-order valence-electron chi connectivity index (χ0n) is 12.8. The first-order chi connectivity index (χ1) is 10.2. The molecule has 0 saturated heterocycles. The van der Waals surface area contributed by atoms with Gasteiger partial charge in [-0.1, -0.05) is 0 Å². The van der Waals surface area contributed by atoms with E-state index >= 15 is 0 Å². The van der Waals surface area contributed by atoms with E-state index in [1.165, 1.54) is 5.82 Å². The van der Waals surface area contributed by atoms with Crippen molar-refractivity contribution < 1.29 is 4.74 Å². The average molecular weight is 287 g/mol. The Morgan fingerprint density at radius 3 is 3.10 bits per heavy atom. The molecule has 1 aliphatic rings. The van der Waals surface area contributed by atoms with Crippen LogP contribution < -0.4 is 9.64 Å². The first-order valence-corrected chi connectivity index (χ1v) is 7.26. The van der Waals surface area contributed by atoms with Gasteiger partial charge in [0.2, 0.25) is 11.8 Å². The van der Waals surface area contributed by atoms with E-state index < -0.39 is 0 Å². The van der Waals surface area contributed by atoms with Crippen molar-refractivity contribution in [2.24, 2.45) is 5.92 Å². The molecule has 21 heavy (non-hydrogen) atoms. The summed E-state index contributed by atoms with van der Waals surface area (Å²) in [5.41, 5.74) is 1.11. The minimum atomic E-state index is 0.589. The highest BCUT2D eigenvalue weighted by molar-refractivity contribution is 5.30. The van der Waals surface area contributed by atoms with Crippen LogP contribution in [0.1, 0.15) is 17.9 Å². The standard InChI is InChI=1S/C15H21N5O/c1-11-8-20-10-12(4-5-13(20)17-11)9-19(2)15-16-7-6-14(18-15)21-3/h6-8,12H,4-5,9-10H2,1-3H3. The van der Waals surface area contributed by atoms with Crippen molar-refractivity contribution in [2.45, 2.75) is 26.3 Å². The molecule has 0 N–H and O–H groups in total. The van der Waals surface area contributed by atoms with Gasteiger partial charge < -0.3 is 14.2 Å². The maximum atomic E-state index is 5.15. The summed E-state index contributed by atoms with van der Waals surface area (Å²) in [5, 5.41) is 0. The molecule has 112 valence electrons. The molecule has 0 radical (unpaired) electrons. The van der Waals surface area contributed by atoms with E-state index in [-0.39, 0.29) is 0 Å². The highest BCUT2D eigenvalue weighted by Gasteiger charge is 2.21. The molecule has 0 aliphatic carbocycles. The molecule has 2 aromatic heterocycles. The predicted molar refractivity (Wildman–Crippen MR) is 80.6 cm³/mol. The number of hydrogen-bond donors (Lipinski definition) is 0. The molecular weight excluding hydrogens is 266 g/mol. The van der Waals surface area contributed by atoms with Crippen LogP contribution in [-0.2, 0) is 13.0 Å². The van der Waals surface area contributed by atoms with Crippen molar-refractivity contribution in [1.29, 1.82) is 0 Å². The summed E-state index contributed by atoms with van der Waals surface area (Å²) in [5.74, 6) is 3.11. The zero-order valence-corrected chi connectivity index (χ0v) is 12.8. The van der Waals surface area contributed by atoms with Gasteiger partial charge in [-0.05, 0) is 19.3 Å². The van der Waals surface area contributed by atoms with E-state index in [2.05, 4.69) is 37.5 Å². The van der Waals surface area contributed by atoms with Gasteiger partial charge in [0.05, 0.1) is 12.8 Å². The maximum absolute atomic E-state index is 5.15. The molecule has 2 aromatic rings. The number of aromatic nitrogens is 4. The Morgan fingerprint density at radius 1 is 1.43 bits per heavy atom. The van der Waals surface area contributed by atoms with E-state index in [1.807, 2.05) is 7.05 Å². The lowest BCUT2D eigenvalue weighted by atomic mass is 9.99. The molecule has 0 fully saturated rings. The van der Waals surface area contributed by atoms with E-state index in [0.29, 0.717) is 17.7 Å². The van der Waals surface area contributed by atoms with E-state index in [1.54, 1.807) is 19.4 Å². The second-order valence-corrected chi connectivity index (χ2v) is 5.64. The summed E-state index contributed by atoms with van der Waals surface area (Å²) in [6, 6.07) is 1.76. The third-order valence-electron chi connectivity index (χ3n) is 3.91. The summed E-state index contributed by atoms with van der Waals surface area (Å²) < 4.78 is 7.44. The quantitative estimate of drug-likeness (QED) is 0.856. The van der Waals surface area contributed by atoms with Gasteiger partial charge in [0.1, 0.15) is 5.82 Å². The van der Waals surface area contributed by atoms with Gasteiger partial charge in [-0.3, -0.25) is 0 Å². The van der Waals surface area contributed by atoms with Crippen molar-refractivity contribution in [3.8, 4) is 5.88 Å². The number of ether oxygens (including phenoxy) is 1. The fourth-order valence-electron chi connectivity index (χ4n) is 2.90. The third-order valence-corrected chi connectivity index (χ3v) is 3.91. The largest absolute Gasteiger partial charge is 0.481 e. The molecule has 0 aromatic carbocycles. The van der Waals surface area contributed by atoms with Crippen molar-refractivity contribution in [2.75, 3.05) is 25.6 Å². The fraction of sp³-hybridized carbons (Fsp3) is 0.533. The Bertz CT molecular complexity index is 624. The minimum absolute atomic E-state index is 0.589. The van der Waals surface area contributed by atoms with E-state index in [4.69, 9.17) is 4.74 Å². The Balaban J connectivity index is 1.66. The number of aryl methyl sites for hydroxylation is 2. The Labute approximate surface area is 124 Å². The number of nitrogens with zero attached hydrogens (tertiary/aromatic N) is 5. The van der Waals surface area contributed by atoms with Crippen molar-refractivity contribution in [1.82, 2.24) is 19.5 Å². The molecule has 1 atom stereocenters. The summed E-state index contributed by atoms with van der Waals surface area (Å²) in [4.78, 5) is 15.3. The number of hydrogen-bond acceptors (Lipinski definition) is 5. The molecule has 3 heterocycles. The second-order valence-electron chi connectivity index (χ2n) is 5.64. The molecule has 6 heteroatoms. The van der Waals surface area contributed by atoms with Gasteiger partial charge in [-0.25, -0.2) is 9.97 Å². The van der Waals surface area contributed by atoms with Crippen LogP contribution in [0.2, 0.25) is 0 Å². The minimum Gasteiger partial charge on any atom is -0.481 e. The van der Waals surface area contributed by atoms with Gasteiger partial charge in [0, 0.05) is 45.0 Å². The SMILES string of the molecule is COc1ccnc(N(C)CC2CCc3nc(C)cn3C2)n1. The Morgan fingerprint density at radius 2 is 2.29 bits per heavy atom. The molecule has 3 rings (SSSR count). The summed E-state index contributed by atoms with van der Waals surface area (Å²) >= 11 is 0. The van der Waals surface area contributed by atoms with Crippen LogP contribution in [-0.4, -0.2) is 40.2 Å². The molecule has 0 amide bonds. The van der Waals surface area contributed by atoms with Crippen LogP contribution in [0.4, 0.5) is 5.95 Å². The molecule has 1 unspecified atom stereocenters. The average Bonchev–Trinajstić information content (AvgIpc) is 2.86. The lowest BCUT2D eigenvalue weighted by molar-refractivity contribution is 0.366. The lowest BCUT2D eigenvalue weighted by Gasteiger charge is -2.28. The summed E-state index contributed by atoms with van der Waals surface area (Å²) in [7, 11) is 3.65. The van der Waals surface area contributed by atoms with Crippen molar-refractivity contribution >= 4 is 5.95 Å². The maximum Gasteiger partial charge on any atom is 0.228 e. The number of fused-ring (bicyclic) bond motifs is 1. The summed E-state index contributed by atoms with van der Waals surface area (Å²) in [6.07, 6.45) is 6.08. The van der Waals surface area contributed by atoms with Gasteiger partial charge in [-0.15, -0.1) is 0 Å².